The fourth-order valence-corrected chi connectivity index (χ4v) is 1.65. The lowest BCUT2D eigenvalue weighted by Gasteiger charge is -2.10. The molecule has 5 heteroatoms. The summed E-state index contributed by atoms with van der Waals surface area (Å²) < 4.78 is 0. The van der Waals surface area contributed by atoms with Crippen LogP contribution in [-0.4, -0.2) is 21.4 Å². The van der Waals surface area contributed by atoms with Gasteiger partial charge in [0, 0.05) is 11.1 Å². The minimum Gasteiger partial charge on any atom is -0.507 e. The molecule has 0 heterocycles. The van der Waals surface area contributed by atoms with Crippen LogP contribution in [0.5, 0.6) is 5.75 Å². The number of aromatic hydroxyl groups is 1. The summed E-state index contributed by atoms with van der Waals surface area (Å²) in [4.78, 5) is 10.3. The van der Waals surface area contributed by atoms with E-state index in [1.165, 1.54) is 0 Å². The molecule has 0 aliphatic carbocycles. The van der Waals surface area contributed by atoms with Crippen LogP contribution in [0.15, 0.2) is 17.3 Å². The van der Waals surface area contributed by atoms with Crippen LogP contribution in [0.3, 0.4) is 0 Å². The van der Waals surface area contributed by atoms with Gasteiger partial charge in [-0.05, 0) is 37.5 Å². The fourth-order valence-electron chi connectivity index (χ4n) is 1.65. The molecule has 1 unspecified atom stereocenters. The Morgan fingerprint density at radius 3 is 2.18 bits per heavy atom. The lowest BCUT2D eigenvalue weighted by atomic mass is 10.00. The molecule has 0 spiro atoms. The number of phenols is 1. The zero-order chi connectivity index (χ0) is 12.8. The molecule has 0 aliphatic rings. The second kappa shape index (κ2) is 6.32. The van der Waals surface area contributed by atoms with Crippen LogP contribution < -0.4 is 0 Å². The first kappa shape index (κ1) is 13.6. The number of hydrogen-bond acceptors (Lipinski definition) is 5. The van der Waals surface area contributed by atoms with Gasteiger partial charge in [-0.15, -0.1) is 0 Å². The topological polar surface area (TPSA) is 90.1 Å². The molecule has 0 saturated carbocycles. The van der Waals surface area contributed by atoms with E-state index in [0.717, 1.165) is 5.56 Å². The Bertz CT molecular complexity index is 367. The zero-order valence-electron chi connectivity index (χ0n) is 9.76. The number of aryl methyl sites for hydroxylation is 1. The third-order valence-electron chi connectivity index (χ3n) is 2.70. The third-order valence-corrected chi connectivity index (χ3v) is 2.70. The molecule has 1 aromatic rings. The number of aliphatic hydroxyl groups excluding tert-OH is 2. The average molecular weight is 239 g/mol. The number of hydrogen-bond donors (Lipinski definition) is 3. The van der Waals surface area contributed by atoms with Crippen molar-refractivity contribution in [3.63, 3.8) is 0 Å². The summed E-state index contributed by atoms with van der Waals surface area (Å²) >= 11 is 0. The number of nitrogens with zero attached hydrogens (tertiary/aromatic N) is 1. The lowest BCUT2D eigenvalue weighted by molar-refractivity contribution is 0.263. The van der Waals surface area contributed by atoms with Gasteiger partial charge in [-0.1, -0.05) is 5.18 Å². The highest BCUT2D eigenvalue weighted by Crippen LogP contribution is 2.25. The maximum atomic E-state index is 10.3. The van der Waals surface area contributed by atoms with Crippen LogP contribution in [0, 0.1) is 4.91 Å². The van der Waals surface area contributed by atoms with Crippen molar-refractivity contribution in [2.75, 3.05) is 0 Å². The summed E-state index contributed by atoms with van der Waals surface area (Å²) in [7, 11) is 0. The number of nitroso groups, excluding NO2 is 1. The van der Waals surface area contributed by atoms with E-state index in [9.17, 15) is 10.0 Å². The summed E-state index contributed by atoms with van der Waals surface area (Å²) in [6.45, 7) is 1.16. The predicted octanol–water partition coefficient (Wildman–Crippen LogP) is 1.46. The van der Waals surface area contributed by atoms with Crippen LogP contribution >= 0.6 is 0 Å². The highest BCUT2D eigenvalue weighted by molar-refractivity contribution is 5.43. The van der Waals surface area contributed by atoms with Crippen LogP contribution in [0.25, 0.3) is 0 Å². The van der Waals surface area contributed by atoms with Gasteiger partial charge in [-0.25, -0.2) is 0 Å². The quantitative estimate of drug-likeness (QED) is 0.655. The molecule has 0 radical (unpaired) electrons. The van der Waals surface area contributed by atoms with Gasteiger partial charge in [0.05, 0.1) is 19.3 Å². The predicted molar refractivity (Wildman–Crippen MR) is 63.5 cm³/mol. The number of aliphatic hydroxyl groups is 2. The SMILES string of the molecule is CC(CCc1cc(CO)c(O)c(CO)c1)N=O. The van der Waals surface area contributed by atoms with Gasteiger partial charge in [0.2, 0.25) is 0 Å². The van der Waals surface area contributed by atoms with Crippen LogP contribution in [-0.2, 0) is 19.6 Å². The first-order chi connectivity index (χ1) is 8.12. The van der Waals surface area contributed by atoms with Crippen LogP contribution in [0.2, 0.25) is 0 Å². The Morgan fingerprint density at radius 2 is 1.76 bits per heavy atom. The fraction of sp³-hybridized carbons (Fsp3) is 0.500. The molecule has 0 amide bonds. The zero-order valence-corrected chi connectivity index (χ0v) is 9.76. The molecular weight excluding hydrogens is 222 g/mol. The van der Waals surface area contributed by atoms with Crippen LogP contribution in [0.1, 0.15) is 30.0 Å². The largest absolute Gasteiger partial charge is 0.507 e. The molecular formula is C12H17NO4. The van der Waals surface area contributed by atoms with Crippen molar-refractivity contribution in [2.24, 2.45) is 5.18 Å². The van der Waals surface area contributed by atoms with Crippen molar-refractivity contribution < 1.29 is 15.3 Å². The van der Waals surface area contributed by atoms with Gasteiger partial charge in [-0.2, -0.15) is 4.91 Å². The molecule has 0 saturated heterocycles. The van der Waals surface area contributed by atoms with Crippen molar-refractivity contribution in [3.8, 4) is 5.75 Å². The summed E-state index contributed by atoms with van der Waals surface area (Å²) in [6.07, 6.45) is 1.22. The van der Waals surface area contributed by atoms with E-state index in [0.29, 0.717) is 24.0 Å². The van der Waals surface area contributed by atoms with Crippen molar-refractivity contribution >= 4 is 0 Å². The normalized spacial score (nSPS) is 12.4. The minimum absolute atomic E-state index is 0.0692. The number of benzene rings is 1. The van der Waals surface area contributed by atoms with Crippen molar-refractivity contribution in [1.29, 1.82) is 0 Å². The summed E-state index contributed by atoms with van der Waals surface area (Å²) in [6, 6.07) is 3.08. The van der Waals surface area contributed by atoms with E-state index < -0.39 is 0 Å². The van der Waals surface area contributed by atoms with Crippen molar-refractivity contribution in [3.05, 3.63) is 33.7 Å². The van der Waals surface area contributed by atoms with E-state index >= 15 is 0 Å². The van der Waals surface area contributed by atoms with Gasteiger partial charge in [-0.3, -0.25) is 0 Å². The second-order valence-electron chi connectivity index (χ2n) is 4.07. The van der Waals surface area contributed by atoms with Crippen molar-refractivity contribution in [2.45, 2.75) is 39.0 Å². The molecule has 5 nitrogen and oxygen atoms in total. The highest BCUT2D eigenvalue weighted by Gasteiger charge is 2.10. The van der Waals surface area contributed by atoms with Gasteiger partial charge in [0.25, 0.3) is 0 Å². The third kappa shape index (κ3) is 3.51. The summed E-state index contributed by atoms with van der Waals surface area (Å²) in [5, 5.41) is 30.7. The Labute approximate surface area is 99.7 Å². The maximum Gasteiger partial charge on any atom is 0.126 e. The summed E-state index contributed by atoms with van der Waals surface area (Å²) in [5.41, 5.74) is 1.64. The van der Waals surface area contributed by atoms with Gasteiger partial charge < -0.3 is 15.3 Å². The Morgan fingerprint density at radius 1 is 1.24 bits per heavy atom. The molecule has 3 N–H and O–H groups in total. The molecule has 17 heavy (non-hydrogen) atoms. The van der Waals surface area contributed by atoms with Gasteiger partial charge >= 0.3 is 0 Å². The maximum absolute atomic E-state index is 10.3. The molecule has 1 atom stereocenters. The van der Waals surface area contributed by atoms with Gasteiger partial charge in [0.1, 0.15) is 5.75 Å². The summed E-state index contributed by atoms with van der Waals surface area (Å²) in [5.74, 6) is -0.0692. The molecule has 94 valence electrons. The first-order valence-corrected chi connectivity index (χ1v) is 5.50. The monoisotopic (exact) mass is 239 g/mol. The first-order valence-electron chi connectivity index (χ1n) is 5.50. The standard InChI is InChI=1S/C12H17NO4/c1-8(13-17)2-3-9-4-10(6-14)12(16)11(5-9)7-15/h4-5,8,14-16H,2-3,6-7H2,1H3. The smallest absolute Gasteiger partial charge is 0.126 e. The molecule has 0 fully saturated rings. The minimum atomic E-state index is -0.284. The van der Waals surface area contributed by atoms with E-state index in [4.69, 9.17) is 10.2 Å². The van der Waals surface area contributed by atoms with Crippen molar-refractivity contribution in [1.82, 2.24) is 0 Å². The molecule has 0 bridgehead atoms. The Balaban J connectivity index is 2.89. The Hall–Kier alpha value is -1.46. The highest BCUT2D eigenvalue weighted by atomic mass is 16.3. The Kier molecular flexibility index (Phi) is 5.06. The van der Waals surface area contributed by atoms with E-state index in [2.05, 4.69) is 5.18 Å². The van der Waals surface area contributed by atoms with E-state index in [1.54, 1.807) is 19.1 Å². The second-order valence-corrected chi connectivity index (χ2v) is 4.07. The van der Waals surface area contributed by atoms with Crippen LogP contribution in [0.4, 0.5) is 0 Å². The number of rotatable bonds is 6. The van der Waals surface area contributed by atoms with E-state index in [-0.39, 0.29) is 25.0 Å². The molecule has 0 aromatic heterocycles. The average Bonchev–Trinajstić information content (AvgIpc) is 2.36. The molecule has 1 rings (SSSR count). The molecule has 1 aromatic carbocycles. The lowest BCUT2D eigenvalue weighted by Crippen LogP contribution is -2.01. The molecule has 0 aliphatic heterocycles. The van der Waals surface area contributed by atoms with E-state index in [1.807, 2.05) is 0 Å². The van der Waals surface area contributed by atoms with Gasteiger partial charge in [0.15, 0.2) is 0 Å².